The Hall–Kier alpha value is -3.15. The summed E-state index contributed by atoms with van der Waals surface area (Å²) >= 11 is 0. The van der Waals surface area contributed by atoms with Gasteiger partial charge >= 0.3 is 6.09 Å². The number of nitrogens with one attached hydrogen (secondary N) is 1. The van der Waals surface area contributed by atoms with Crippen LogP contribution in [0.5, 0.6) is 0 Å². The van der Waals surface area contributed by atoms with Crippen molar-refractivity contribution in [3.8, 4) is 0 Å². The smallest absolute Gasteiger partial charge is 0.407 e. The first-order chi connectivity index (χ1) is 12.0. The number of carbonyl (C=O) groups excluding carboxylic acids is 2. The minimum Gasteiger partial charge on any atom is -0.465 e. The van der Waals surface area contributed by atoms with Crippen LogP contribution < -0.4 is 5.32 Å². The van der Waals surface area contributed by atoms with Crippen molar-refractivity contribution in [3.05, 3.63) is 65.7 Å². The summed E-state index contributed by atoms with van der Waals surface area (Å²) in [4.78, 5) is 35.8. The minimum absolute atomic E-state index is 0.0455. The lowest BCUT2D eigenvalue weighted by molar-refractivity contribution is -0.116. The van der Waals surface area contributed by atoms with Gasteiger partial charge in [-0.3, -0.25) is 9.59 Å². The van der Waals surface area contributed by atoms with Gasteiger partial charge in [-0.2, -0.15) is 0 Å². The molecule has 0 spiro atoms. The highest BCUT2D eigenvalue weighted by Crippen LogP contribution is 2.11. The number of hydrogen-bond acceptors (Lipinski definition) is 3. The van der Waals surface area contributed by atoms with E-state index in [1.807, 2.05) is 30.3 Å². The highest BCUT2D eigenvalue weighted by Gasteiger charge is 2.14. The molecule has 6 heteroatoms. The fourth-order valence-corrected chi connectivity index (χ4v) is 2.29. The van der Waals surface area contributed by atoms with E-state index in [1.54, 1.807) is 24.3 Å². The van der Waals surface area contributed by atoms with Crippen LogP contribution in [0.1, 0.15) is 29.3 Å². The number of amides is 2. The van der Waals surface area contributed by atoms with Crippen molar-refractivity contribution in [1.82, 2.24) is 4.90 Å². The molecular weight excluding hydrogens is 320 g/mol. The third-order valence-electron chi connectivity index (χ3n) is 3.67. The topological polar surface area (TPSA) is 86.7 Å². The van der Waals surface area contributed by atoms with Gasteiger partial charge in [0.2, 0.25) is 5.91 Å². The summed E-state index contributed by atoms with van der Waals surface area (Å²) in [5.74, 6) is -0.328. The molecule has 6 nitrogen and oxygen atoms in total. The molecule has 2 rings (SSSR count). The molecule has 0 unspecified atom stereocenters. The normalized spacial score (nSPS) is 10.1. The van der Waals surface area contributed by atoms with Crippen LogP contribution in [0.25, 0.3) is 0 Å². The van der Waals surface area contributed by atoms with Crippen LogP contribution in [-0.4, -0.2) is 34.3 Å². The van der Waals surface area contributed by atoms with Gasteiger partial charge in [0.1, 0.15) is 0 Å². The predicted molar refractivity (Wildman–Crippen MR) is 94.6 cm³/mol. The molecule has 25 heavy (non-hydrogen) atoms. The average Bonchev–Trinajstić information content (AvgIpc) is 2.59. The number of carboxylic acid groups (broad SMARTS) is 1. The van der Waals surface area contributed by atoms with E-state index in [0.717, 1.165) is 5.56 Å². The lowest BCUT2D eigenvalue weighted by Crippen LogP contribution is -2.32. The second-order valence-electron chi connectivity index (χ2n) is 5.62. The molecule has 2 amide bonds. The fraction of sp³-hybridized carbons (Fsp3) is 0.211. The summed E-state index contributed by atoms with van der Waals surface area (Å²) in [5.41, 5.74) is 2.00. The number of nitrogens with zero attached hydrogens (tertiary/aromatic N) is 1. The van der Waals surface area contributed by atoms with Gasteiger partial charge in [0.05, 0.1) is 0 Å². The second-order valence-corrected chi connectivity index (χ2v) is 5.62. The number of Topliss-reactive ketones (excluding diaryl/α,β-unsaturated/α-hetero) is 1. The zero-order chi connectivity index (χ0) is 18.2. The Morgan fingerprint density at radius 3 is 2.20 bits per heavy atom. The van der Waals surface area contributed by atoms with Crippen LogP contribution in [0.2, 0.25) is 0 Å². The molecule has 0 bridgehead atoms. The van der Waals surface area contributed by atoms with Gasteiger partial charge in [0.25, 0.3) is 0 Å². The molecule has 2 N–H and O–H groups in total. The third kappa shape index (κ3) is 5.76. The van der Waals surface area contributed by atoms with Gasteiger partial charge in [0, 0.05) is 30.8 Å². The summed E-state index contributed by atoms with van der Waals surface area (Å²) in [6.45, 7) is 1.80. The first-order valence-corrected chi connectivity index (χ1v) is 7.88. The molecule has 0 aliphatic heterocycles. The number of ketones is 1. The van der Waals surface area contributed by atoms with Gasteiger partial charge < -0.3 is 15.3 Å². The highest BCUT2D eigenvalue weighted by molar-refractivity contribution is 5.95. The van der Waals surface area contributed by atoms with Gasteiger partial charge in [-0.1, -0.05) is 30.3 Å². The van der Waals surface area contributed by atoms with Gasteiger partial charge in [-0.05, 0) is 36.8 Å². The van der Waals surface area contributed by atoms with Crippen molar-refractivity contribution < 1.29 is 19.5 Å². The molecule has 0 fully saturated rings. The predicted octanol–water partition coefficient (Wildman–Crippen LogP) is 3.40. The number of anilines is 1. The van der Waals surface area contributed by atoms with Crippen molar-refractivity contribution in [1.29, 1.82) is 0 Å². The van der Waals surface area contributed by atoms with Crippen molar-refractivity contribution in [2.45, 2.75) is 19.9 Å². The molecule has 0 saturated carbocycles. The molecule has 0 radical (unpaired) electrons. The molecule has 0 saturated heterocycles. The van der Waals surface area contributed by atoms with Crippen LogP contribution in [-0.2, 0) is 11.3 Å². The Labute approximate surface area is 146 Å². The van der Waals surface area contributed by atoms with Gasteiger partial charge in [-0.25, -0.2) is 4.79 Å². The maximum Gasteiger partial charge on any atom is 0.407 e. The maximum atomic E-state index is 12.0. The number of hydrogen-bond donors (Lipinski definition) is 2. The summed E-state index contributed by atoms with van der Waals surface area (Å²) in [7, 11) is 0. The summed E-state index contributed by atoms with van der Waals surface area (Å²) < 4.78 is 0. The molecule has 2 aromatic rings. The molecule has 0 aromatic heterocycles. The van der Waals surface area contributed by atoms with E-state index in [0.29, 0.717) is 11.3 Å². The SMILES string of the molecule is CC(=O)c1ccc(NC(=O)CCN(Cc2ccccc2)C(=O)O)cc1. The van der Waals surface area contributed by atoms with E-state index in [1.165, 1.54) is 11.8 Å². The number of rotatable bonds is 7. The quantitative estimate of drug-likeness (QED) is 0.756. The van der Waals surface area contributed by atoms with Crippen molar-refractivity contribution in [2.24, 2.45) is 0 Å². The Balaban J connectivity index is 1.88. The molecule has 0 aliphatic rings. The molecular formula is C19H20N2O4. The molecule has 0 atom stereocenters. The molecule has 2 aromatic carbocycles. The van der Waals surface area contributed by atoms with Crippen LogP contribution in [0, 0.1) is 0 Å². The lowest BCUT2D eigenvalue weighted by Gasteiger charge is -2.19. The monoisotopic (exact) mass is 340 g/mol. The fourth-order valence-electron chi connectivity index (χ4n) is 2.29. The second kappa shape index (κ2) is 8.63. The van der Waals surface area contributed by atoms with Crippen molar-refractivity contribution in [3.63, 3.8) is 0 Å². The van der Waals surface area contributed by atoms with E-state index in [4.69, 9.17) is 0 Å². The standard InChI is InChI=1S/C19H20N2O4/c1-14(22)16-7-9-17(10-8-16)20-18(23)11-12-21(19(24)25)13-15-5-3-2-4-6-15/h2-10H,11-13H2,1H3,(H,20,23)(H,24,25). The molecule has 130 valence electrons. The van der Waals surface area contributed by atoms with Gasteiger partial charge in [0.15, 0.2) is 5.78 Å². The van der Waals surface area contributed by atoms with E-state index in [-0.39, 0.29) is 31.2 Å². The maximum absolute atomic E-state index is 12.0. The van der Waals surface area contributed by atoms with E-state index < -0.39 is 6.09 Å². The molecule has 0 aliphatic carbocycles. The zero-order valence-corrected chi connectivity index (χ0v) is 13.9. The van der Waals surface area contributed by atoms with Crippen LogP contribution >= 0.6 is 0 Å². The first-order valence-electron chi connectivity index (χ1n) is 7.88. The Morgan fingerprint density at radius 2 is 1.64 bits per heavy atom. The first kappa shape index (κ1) is 18.2. The summed E-state index contributed by atoms with van der Waals surface area (Å²) in [5, 5.41) is 12.0. The summed E-state index contributed by atoms with van der Waals surface area (Å²) in [6, 6.07) is 15.8. The number of benzene rings is 2. The Kier molecular flexibility index (Phi) is 6.28. The van der Waals surface area contributed by atoms with Gasteiger partial charge in [-0.15, -0.1) is 0 Å². The lowest BCUT2D eigenvalue weighted by atomic mass is 10.1. The van der Waals surface area contributed by atoms with E-state index >= 15 is 0 Å². The number of carbonyl (C=O) groups is 3. The summed E-state index contributed by atoms with van der Waals surface area (Å²) in [6.07, 6.45) is -1.02. The largest absolute Gasteiger partial charge is 0.465 e. The van der Waals surface area contributed by atoms with Crippen LogP contribution in [0.3, 0.4) is 0 Å². The average molecular weight is 340 g/mol. The van der Waals surface area contributed by atoms with Crippen molar-refractivity contribution in [2.75, 3.05) is 11.9 Å². The van der Waals surface area contributed by atoms with Crippen molar-refractivity contribution >= 4 is 23.5 Å². The highest BCUT2D eigenvalue weighted by atomic mass is 16.4. The van der Waals surface area contributed by atoms with E-state index in [2.05, 4.69) is 5.32 Å². The van der Waals surface area contributed by atoms with Crippen LogP contribution in [0.4, 0.5) is 10.5 Å². The van der Waals surface area contributed by atoms with Crippen LogP contribution in [0.15, 0.2) is 54.6 Å². The molecule has 0 heterocycles. The Bertz CT molecular complexity index is 742. The zero-order valence-electron chi connectivity index (χ0n) is 13.9. The van der Waals surface area contributed by atoms with E-state index in [9.17, 15) is 19.5 Å². The minimum atomic E-state index is -1.07. The Morgan fingerprint density at radius 1 is 1.00 bits per heavy atom. The third-order valence-corrected chi connectivity index (χ3v) is 3.67.